The zero-order valence-corrected chi connectivity index (χ0v) is 11.6. The molecule has 1 saturated heterocycles. The summed E-state index contributed by atoms with van der Waals surface area (Å²) in [5.41, 5.74) is -0.216. The predicted octanol–water partition coefficient (Wildman–Crippen LogP) is 1.40. The maximum absolute atomic E-state index is 11.4. The van der Waals surface area contributed by atoms with E-state index in [0.29, 0.717) is 33.0 Å². The molecule has 1 fully saturated rings. The molecule has 0 radical (unpaired) electrons. The Hall–Kier alpha value is -0.650. The van der Waals surface area contributed by atoms with E-state index in [1.807, 2.05) is 13.8 Å². The number of cyclic esters (lactones) is 1. The molecule has 0 aromatic carbocycles. The highest BCUT2D eigenvalue weighted by Crippen LogP contribution is 2.30. The van der Waals surface area contributed by atoms with E-state index >= 15 is 0 Å². The first-order chi connectivity index (χ1) is 8.58. The fraction of sp³-hybridized carbons (Fsp3) is 0.923. The first-order valence-electron chi connectivity index (χ1n) is 6.43. The van der Waals surface area contributed by atoms with Crippen LogP contribution in [0.4, 0.5) is 0 Å². The largest absolute Gasteiger partial charge is 0.463 e. The smallest absolute Gasteiger partial charge is 0.335 e. The number of unbranched alkanes of at least 4 members (excludes halogenated alkanes) is 1. The molecule has 0 aromatic heterocycles. The molecule has 5 heteroatoms. The van der Waals surface area contributed by atoms with E-state index < -0.39 is 6.10 Å². The van der Waals surface area contributed by atoms with Gasteiger partial charge >= 0.3 is 5.97 Å². The van der Waals surface area contributed by atoms with Gasteiger partial charge in [-0.1, -0.05) is 13.8 Å². The maximum Gasteiger partial charge on any atom is 0.335 e. The molecule has 106 valence electrons. The average molecular weight is 260 g/mol. The number of esters is 1. The summed E-state index contributed by atoms with van der Waals surface area (Å²) >= 11 is 0. The van der Waals surface area contributed by atoms with E-state index in [4.69, 9.17) is 18.9 Å². The lowest BCUT2D eigenvalue weighted by Gasteiger charge is -2.21. The molecular formula is C13H24O5. The summed E-state index contributed by atoms with van der Waals surface area (Å²) in [6.45, 7) is 6.92. The Morgan fingerprint density at radius 3 is 2.56 bits per heavy atom. The van der Waals surface area contributed by atoms with Crippen LogP contribution < -0.4 is 0 Å². The Morgan fingerprint density at radius 2 is 1.94 bits per heavy atom. The molecule has 1 unspecified atom stereocenters. The van der Waals surface area contributed by atoms with Gasteiger partial charge in [0.05, 0.1) is 19.8 Å². The monoisotopic (exact) mass is 260 g/mol. The number of rotatable bonds is 9. The van der Waals surface area contributed by atoms with Gasteiger partial charge in [-0.2, -0.15) is 0 Å². The van der Waals surface area contributed by atoms with Gasteiger partial charge in [0.15, 0.2) is 6.10 Å². The molecule has 0 aromatic rings. The van der Waals surface area contributed by atoms with Crippen molar-refractivity contribution in [2.45, 2.75) is 32.8 Å². The lowest BCUT2D eigenvalue weighted by atomic mass is 9.90. The molecule has 1 aliphatic rings. The number of hydrogen-bond donors (Lipinski definition) is 0. The van der Waals surface area contributed by atoms with E-state index in [0.717, 1.165) is 12.8 Å². The third kappa shape index (κ3) is 4.92. The molecule has 1 atom stereocenters. The van der Waals surface area contributed by atoms with Crippen LogP contribution in [0.5, 0.6) is 0 Å². The Morgan fingerprint density at radius 1 is 1.22 bits per heavy atom. The van der Waals surface area contributed by atoms with Crippen molar-refractivity contribution in [1.29, 1.82) is 0 Å². The van der Waals surface area contributed by atoms with E-state index in [1.165, 1.54) is 0 Å². The van der Waals surface area contributed by atoms with E-state index in [-0.39, 0.29) is 11.4 Å². The van der Waals surface area contributed by atoms with Crippen LogP contribution in [-0.4, -0.2) is 52.2 Å². The SMILES string of the molecule is COCCOCCCCOC1C(=O)OCC1(C)C. The Labute approximate surface area is 109 Å². The van der Waals surface area contributed by atoms with Crippen molar-refractivity contribution < 1.29 is 23.7 Å². The second-order valence-electron chi connectivity index (χ2n) is 5.16. The standard InChI is InChI=1S/C13H24O5/c1-13(2)10-18-12(14)11(13)17-7-5-4-6-16-9-8-15-3/h11H,4-10H2,1-3H3. The number of methoxy groups -OCH3 is 1. The van der Waals surface area contributed by atoms with Gasteiger partial charge in [-0.05, 0) is 12.8 Å². The van der Waals surface area contributed by atoms with Crippen LogP contribution in [0.3, 0.4) is 0 Å². The van der Waals surface area contributed by atoms with Crippen molar-refractivity contribution >= 4 is 5.97 Å². The van der Waals surface area contributed by atoms with Gasteiger partial charge in [0.1, 0.15) is 0 Å². The molecule has 1 heterocycles. The summed E-state index contributed by atoms with van der Waals surface area (Å²) in [7, 11) is 1.65. The first-order valence-corrected chi connectivity index (χ1v) is 6.43. The molecule has 0 N–H and O–H groups in total. The van der Waals surface area contributed by atoms with Crippen molar-refractivity contribution in [3.8, 4) is 0 Å². The summed E-state index contributed by atoms with van der Waals surface area (Å²) in [6.07, 6.45) is 1.38. The van der Waals surface area contributed by atoms with Crippen LogP contribution in [0.15, 0.2) is 0 Å². The fourth-order valence-electron chi connectivity index (χ4n) is 1.77. The third-order valence-electron chi connectivity index (χ3n) is 2.91. The maximum atomic E-state index is 11.4. The molecule has 0 aliphatic carbocycles. The quantitative estimate of drug-likeness (QED) is 0.463. The van der Waals surface area contributed by atoms with Crippen LogP contribution in [-0.2, 0) is 23.7 Å². The summed E-state index contributed by atoms with van der Waals surface area (Å²) in [4.78, 5) is 11.4. The Bertz CT molecular complexity index is 252. The van der Waals surface area contributed by atoms with Crippen molar-refractivity contribution in [3.05, 3.63) is 0 Å². The van der Waals surface area contributed by atoms with Crippen molar-refractivity contribution in [3.63, 3.8) is 0 Å². The third-order valence-corrected chi connectivity index (χ3v) is 2.91. The molecule has 1 aliphatic heterocycles. The van der Waals surface area contributed by atoms with Gasteiger partial charge in [0.2, 0.25) is 0 Å². The molecule has 18 heavy (non-hydrogen) atoms. The van der Waals surface area contributed by atoms with E-state index in [1.54, 1.807) is 7.11 Å². The summed E-state index contributed by atoms with van der Waals surface area (Å²) in [5.74, 6) is -0.239. The minimum absolute atomic E-state index is 0.216. The predicted molar refractivity (Wildman–Crippen MR) is 66.4 cm³/mol. The zero-order chi connectivity index (χ0) is 13.4. The van der Waals surface area contributed by atoms with Crippen LogP contribution >= 0.6 is 0 Å². The number of carbonyl (C=O) groups is 1. The lowest BCUT2D eigenvalue weighted by molar-refractivity contribution is -0.148. The minimum atomic E-state index is -0.424. The van der Waals surface area contributed by atoms with Crippen LogP contribution in [0.2, 0.25) is 0 Å². The van der Waals surface area contributed by atoms with Crippen molar-refractivity contribution in [1.82, 2.24) is 0 Å². The van der Waals surface area contributed by atoms with Crippen molar-refractivity contribution in [2.75, 3.05) is 40.1 Å². The highest BCUT2D eigenvalue weighted by molar-refractivity contribution is 5.77. The van der Waals surface area contributed by atoms with Gasteiger partial charge in [-0.3, -0.25) is 0 Å². The summed E-state index contributed by atoms with van der Waals surface area (Å²) in [5, 5.41) is 0. The topological polar surface area (TPSA) is 54.0 Å². The first kappa shape index (κ1) is 15.4. The van der Waals surface area contributed by atoms with E-state index in [9.17, 15) is 4.79 Å². The van der Waals surface area contributed by atoms with Crippen LogP contribution in [0, 0.1) is 5.41 Å². The number of carbonyl (C=O) groups excluding carboxylic acids is 1. The zero-order valence-electron chi connectivity index (χ0n) is 11.6. The summed E-state index contributed by atoms with van der Waals surface area (Å²) in [6, 6.07) is 0. The molecule has 1 rings (SSSR count). The molecule has 0 spiro atoms. The number of hydrogen-bond acceptors (Lipinski definition) is 5. The minimum Gasteiger partial charge on any atom is -0.463 e. The number of ether oxygens (including phenoxy) is 4. The van der Waals surface area contributed by atoms with Gasteiger partial charge in [-0.25, -0.2) is 4.79 Å². The highest BCUT2D eigenvalue weighted by atomic mass is 16.6. The Balaban J connectivity index is 2.02. The fourth-order valence-corrected chi connectivity index (χ4v) is 1.77. The van der Waals surface area contributed by atoms with Gasteiger partial charge in [0, 0.05) is 25.7 Å². The molecule has 0 bridgehead atoms. The summed E-state index contributed by atoms with van der Waals surface area (Å²) < 4.78 is 20.8. The highest BCUT2D eigenvalue weighted by Gasteiger charge is 2.44. The van der Waals surface area contributed by atoms with E-state index in [2.05, 4.69) is 0 Å². The molecule has 5 nitrogen and oxygen atoms in total. The van der Waals surface area contributed by atoms with Crippen LogP contribution in [0.25, 0.3) is 0 Å². The van der Waals surface area contributed by atoms with Gasteiger partial charge < -0.3 is 18.9 Å². The van der Waals surface area contributed by atoms with Crippen molar-refractivity contribution in [2.24, 2.45) is 5.41 Å². The lowest BCUT2D eigenvalue weighted by Crippen LogP contribution is -2.33. The normalized spacial score (nSPS) is 22.2. The van der Waals surface area contributed by atoms with Crippen LogP contribution in [0.1, 0.15) is 26.7 Å². The molecule has 0 saturated carbocycles. The van der Waals surface area contributed by atoms with Gasteiger partial charge in [-0.15, -0.1) is 0 Å². The molecular weight excluding hydrogens is 236 g/mol. The molecule has 0 amide bonds. The second kappa shape index (κ2) is 7.71. The van der Waals surface area contributed by atoms with Gasteiger partial charge in [0.25, 0.3) is 0 Å². The second-order valence-corrected chi connectivity index (χ2v) is 5.16. The Kier molecular flexibility index (Phi) is 6.60. The average Bonchev–Trinajstić information content (AvgIpc) is 2.58.